The second kappa shape index (κ2) is 8.52. The number of carbonyl (C=O) groups is 1. The van der Waals surface area contributed by atoms with Gasteiger partial charge in [0, 0.05) is 18.9 Å². The molecule has 5 N–H and O–H groups in total. The summed E-state index contributed by atoms with van der Waals surface area (Å²) in [7, 11) is -1.09. The molecule has 0 radical (unpaired) electrons. The first kappa shape index (κ1) is 20.2. The largest absolute Gasteiger partial charge is 0.496 e. The third-order valence-electron chi connectivity index (χ3n) is 4.68. The molecule has 1 aliphatic rings. The zero-order chi connectivity index (χ0) is 19.3. The molecule has 1 aromatic carbocycles. The van der Waals surface area contributed by atoms with Gasteiger partial charge in [0.15, 0.2) is 0 Å². The number of methoxy groups -OCH3 is 1. The number of ether oxygens (including phenoxy) is 1. The summed E-state index contributed by atoms with van der Waals surface area (Å²) in [6.07, 6.45) is 4.02. The average molecular weight is 383 g/mol. The van der Waals surface area contributed by atoms with Crippen LogP contribution < -0.4 is 25.4 Å². The molecule has 0 saturated carbocycles. The van der Waals surface area contributed by atoms with Gasteiger partial charge in [-0.15, -0.1) is 0 Å². The summed E-state index contributed by atoms with van der Waals surface area (Å²) < 4.78 is 31.6. The Balaban J connectivity index is 2.22. The molecule has 8 nitrogen and oxygen atoms in total. The topological polar surface area (TPSA) is 115 Å². The maximum absolute atomic E-state index is 12.6. The second-order valence-corrected chi connectivity index (χ2v) is 8.10. The number of anilines is 1. The van der Waals surface area contributed by atoms with E-state index in [9.17, 15) is 13.2 Å². The fraction of sp³-hybridized carbons (Fsp3) is 0.471. The van der Waals surface area contributed by atoms with Crippen molar-refractivity contribution in [3.05, 3.63) is 30.4 Å². The predicted octanol–water partition coefficient (Wildman–Crippen LogP) is -0.851. The molecule has 0 bridgehead atoms. The predicted molar refractivity (Wildman–Crippen MR) is 99.9 cm³/mol. The van der Waals surface area contributed by atoms with Crippen molar-refractivity contribution in [2.75, 3.05) is 39.5 Å². The van der Waals surface area contributed by atoms with Gasteiger partial charge in [-0.3, -0.25) is 4.79 Å². The Labute approximate surface area is 154 Å². The maximum Gasteiger partial charge on any atom is 0.255 e. The number of likely N-dealkylation sites (tertiary alicyclic amines) is 1. The van der Waals surface area contributed by atoms with Gasteiger partial charge >= 0.3 is 0 Å². The fourth-order valence-electron chi connectivity index (χ4n) is 3.26. The molecule has 144 valence electrons. The molecule has 1 aliphatic heterocycles. The lowest BCUT2D eigenvalue weighted by Crippen LogP contribution is -3.14. The van der Waals surface area contributed by atoms with E-state index in [1.165, 1.54) is 31.2 Å². The Bertz CT molecular complexity index is 779. The Morgan fingerprint density at radius 3 is 2.85 bits per heavy atom. The van der Waals surface area contributed by atoms with Gasteiger partial charge in [0.25, 0.3) is 5.91 Å². The summed E-state index contributed by atoms with van der Waals surface area (Å²) in [6, 6.07) is 2.92. The first-order valence-electron chi connectivity index (χ1n) is 8.48. The van der Waals surface area contributed by atoms with E-state index < -0.39 is 10.0 Å². The van der Waals surface area contributed by atoms with Gasteiger partial charge in [-0.2, -0.15) is 0 Å². The van der Waals surface area contributed by atoms with E-state index in [0.717, 1.165) is 25.9 Å². The number of sulfonamides is 1. The molecule has 1 heterocycles. The number of carbonyl (C=O) groups excluding carboxylic acids is 1. The molecule has 1 saturated heterocycles. The summed E-state index contributed by atoms with van der Waals surface area (Å²) in [5.41, 5.74) is 5.97. The van der Waals surface area contributed by atoms with Gasteiger partial charge < -0.3 is 20.7 Å². The lowest BCUT2D eigenvalue weighted by molar-refractivity contribution is -0.905. The minimum atomic E-state index is -3.78. The molecule has 1 aromatic rings. The van der Waals surface area contributed by atoms with E-state index in [4.69, 9.17) is 10.5 Å². The van der Waals surface area contributed by atoms with Crippen LogP contribution in [0.1, 0.15) is 23.2 Å². The van der Waals surface area contributed by atoms with Gasteiger partial charge in [-0.25, -0.2) is 13.1 Å². The van der Waals surface area contributed by atoms with Crippen LogP contribution in [0, 0.1) is 0 Å². The summed E-state index contributed by atoms with van der Waals surface area (Å²) in [5.74, 6) is -0.156. The first-order valence-corrected chi connectivity index (χ1v) is 9.97. The zero-order valence-corrected chi connectivity index (χ0v) is 16.0. The molecule has 1 unspecified atom stereocenters. The molecule has 26 heavy (non-hydrogen) atoms. The van der Waals surface area contributed by atoms with E-state index in [0.29, 0.717) is 12.6 Å². The number of amides is 1. The molecular weight excluding hydrogens is 356 g/mol. The molecule has 2 rings (SSSR count). The lowest BCUT2D eigenvalue weighted by Gasteiger charge is -2.21. The quantitative estimate of drug-likeness (QED) is 0.345. The van der Waals surface area contributed by atoms with Crippen molar-refractivity contribution >= 4 is 21.6 Å². The van der Waals surface area contributed by atoms with Crippen LogP contribution in [0.3, 0.4) is 0 Å². The molecule has 1 fully saturated rings. The van der Waals surface area contributed by atoms with Crippen LogP contribution in [-0.4, -0.2) is 54.2 Å². The lowest BCUT2D eigenvalue weighted by atomic mass is 10.1. The highest BCUT2D eigenvalue weighted by Crippen LogP contribution is 2.28. The van der Waals surface area contributed by atoms with Gasteiger partial charge in [0.2, 0.25) is 10.0 Å². The molecular formula is C17H27N4O4S+. The minimum absolute atomic E-state index is 0.0187. The summed E-state index contributed by atoms with van der Waals surface area (Å²) in [4.78, 5) is 13.9. The monoisotopic (exact) mass is 383 g/mol. The third kappa shape index (κ3) is 4.35. The summed E-state index contributed by atoms with van der Waals surface area (Å²) >= 11 is 0. The summed E-state index contributed by atoms with van der Waals surface area (Å²) in [5, 5.41) is 2.89. The normalized spacial score (nSPS) is 19.9. The number of hydrogen-bond donors (Lipinski definition) is 4. The van der Waals surface area contributed by atoms with Crippen LogP contribution in [0.15, 0.2) is 29.7 Å². The number of nitrogens with one attached hydrogen (secondary N) is 3. The Morgan fingerprint density at radius 1 is 1.50 bits per heavy atom. The van der Waals surface area contributed by atoms with E-state index in [2.05, 4.69) is 16.6 Å². The molecule has 2 atom stereocenters. The Kier molecular flexibility index (Phi) is 6.63. The fourth-order valence-corrected chi connectivity index (χ4v) is 4.12. The number of rotatable bonds is 8. The molecule has 1 amide bonds. The smallest absolute Gasteiger partial charge is 0.255 e. The Morgan fingerprint density at radius 2 is 2.23 bits per heavy atom. The van der Waals surface area contributed by atoms with Crippen LogP contribution in [-0.2, 0) is 10.0 Å². The van der Waals surface area contributed by atoms with Crippen molar-refractivity contribution in [3.63, 3.8) is 0 Å². The van der Waals surface area contributed by atoms with E-state index in [1.807, 2.05) is 6.08 Å². The highest BCUT2D eigenvalue weighted by Gasteiger charge is 2.28. The summed E-state index contributed by atoms with van der Waals surface area (Å²) in [6.45, 7) is 6.19. The van der Waals surface area contributed by atoms with Crippen LogP contribution in [0.4, 0.5) is 5.69 Å². The van der Waals surface area contributed by atoms with Crippen molar-refractivity contribution in [2.45, 2.75) is 23.8 Å². The Hall–Kier alpha value is -2.10. The number of nitrogen functional groups attached to an aromatic ring is 1. The van der Waals surface area contributed by atoms with Crippen LogP contribution >= 0.6 is 0 Å². The van der Waals surface area contributed by atoms with E-state index >= 15 is 0 Å². The van der Waals surface area contributed by atoms with Crippen LogP contribution in [0.2, 0.25) is 0 Å². The zero-order valence-electron chi connectivity index (χ0n) is 15.2. The van der Waals surface area contributed by atoms with Gasteiger partial charge in [0.1, 0.15) is 16.7 Å². The highest BCUT2D eigenvalue weighted by molar-refractivity contribution is 7.89. The van der Waals surface area contributed by atoms with Crippen LogP contribution in [0.25, 0.3) is 0 Å². The highest BCUT2D eigenvalue weighted by atomic mass is 32.2. The van der Waals surface area contributed by atoms with Crippen molar-refractivity contribution in [3.8, 4) is 5.75 Å². The van der Waals surface area contributed by atoms with E-state index in [1.54, 1.807) is 0 Å². The molecule has 0 aromatic heterocycles. The van der Waals surface area contributed by atoms with E-state index in [-0.39, 0.29) is 27.8 Å². The van der Waals surface area contributed by atoms with Crippen molar-refractivity contribution in [2.24, 2.45) is 0 Å². The maximum atomic E-state index is 12.6. The number of quaternary nitrogens is 1. The van der Waals surface area contributed by atoms with Crippen molar-refractivity contribution < 1.29 is 22.8 Å². The number of nitrogens with two attached hydrogens (primary N) is 1. The second-order valence-electron chi connectivity index (χ2n) is 6.25. The minimum Gasteiger partial charge on any atom is -0.496 e. The number of hydrogen-bond acceptors (Lipinski definition) is 5. The SMILES string of the molecule is C=CC[NH+]1CCC[C@@H]1CNC(=O)c1cc(S(=O)(=O)NC)c(N)cc1OC. The third-order valence-corrected chi connectivity index (χ3v) is 6.15. The first-order chi connectivity index (χ1) is 12.3. The van der Waals surface area contributed by atoms with Gasteiger partial charge in [-0.1, -0.05) is 6.58 Å². The molecule has 9 heteroatoms. The molecule has 0 aliphatic carbocycles. The molecule has 0 spiro atoms. The van der Waals surface area contributed by atoms with Gasteiger partial charge in [0.05, 0.1) is 38.0 Å². The average Bonchev–Trinajstić information content (AvgIpc) is 3.06. The van der Waals surface area contributed by atoms with Gasteiger partial charge in [-0.05, 0) is 19.2 Å². The van der Waals surface area contributed by atoms with Crippen LogP contribution in [0.5, 0.6) is 5.75 Å². The number of benzene rings is 1. The standard InChI is InChI=1S/C17H26N4O4S/c1-4-7-21-8-5-6-12(21)11-20-17(22)13-9-16(26(23,24)19-2)14(18)10-15(13)25-3/h4,9-10,12,19H,1,5-8,11,18H2,2-3H3,(H,20,22)/p+1/t12-/m1/s1. The van der Waals surface area contributed by atoms with Crippen molar-refractivity contribution in [1.29, 1.82) is 0 Å². The van der Waals surface area contributed by atoms with Crippen molar-refractivity contribution in [1.82, 2.24) is 10.0 Å².